The second-order valence-corrected chi connectivity index (χ2v) is 26.6. The lowest BCUT2D eigenvalue weighted by atomic mass is 9.73. The number of benzene rings is 3. The van der Waals surface area contributed by atoms with Gasteiger partial charge in [-0.3, -0.25) is 48.6 Å². The van der Waals surface area contributed by atoms with Gasteiger partial charge < -0.3 is 39.7 Å². The Morgan fingerprint density at radius 3 is 2.24 bits per heavy atom. The summed E-state index contributed by atoms with van der Waals surface area (Å²) in [4.78, 5) is 131. The maximum atomic E-state index is 16.0. The number of piperidine rings is 3. The predicted octanol–water partition coefficient (Wildman–Crippen LogP) is 8.18. The fraction of sp³-hybridized carbons (Fsp3) is 0.522. The summed E-state index contributed by atoms with van der Waals surface area (Å²) in [6.45, 7) is 13.4. The molecule has 0 bridgehead atoms. The molecular formula is C67H79FN12O8. The topological polar surface area (TPSA) is 223 Å². The molecule has 6 aliphatic heterocycles. The molecule has 2 aliphatic carbocycles. The van der Waals surface area contributed by atoms with Crippen LogP contribution in [0, 0.1) is 24.6 Å². The summed E-state index contributed by atoms with van der Waals surface area (Å²) in [6, 6.07) is 15.4. The molecule has 5 aromatic rings. The standard InChI is InChI=1S/C67H79FN12O8/c1-37(2)70-60(82)47-33-51(49(68)29-39(47)5)72-59-58-52(69-36-78(58)38(3)4)34-50(71-59)41-15-18-48-55(30-41)79(45-31-44(32-45)75-24-8-7-9-25-75)66(88)67(48)22-27-76(28-23-67)63(85)42-21-26-77(35-42)62(84)40-13-16-43(17-14-40)74(6)53-12-10-11-46-57(53)65(87)80(64(46)86)54-19-20-56(81)73-61(54)83/h10-12,15,18,29-30,33-34,36-38,40,42-45,54H,7-9,13-14,16-17,19-28,31-32,35H2,1-6H3,(H,70,82)(H,71,72)(H,73,81,83)/t40-,42-,43-,44-,45+,54?/m1/s1. The van der Waals surface area contributed by atoms with Gasteiger partial charge in [0.25, 0.3) is 17.7 Å². The summed E-state index contributed by atoms with van der Waals surface area (Å²) < 4.78 is 18.0. The minimum atomic E-state index is -1.06. The molecule has 8 amide bonds. The number of carbonyl (C=O) groups excluding carboxylic acids is 8. The number of amides is 8. The third-order valence-electron chi connectivity index (χ3n) is 20.6. The normalized spacial score (nSPS) is 24.6. The average Bonchev–Trinajstić information content (AvgIpc) is 1.58. The van der Waals surface area contributed by atoms with E-state index in [1.54, 1.807) is 31.5 Å². The van der Waals surface area contributed by atoms with Crippen molar-refractivity contribution < 1.29 is 42.7 Å². The van der Waals surface area contributed by atoms with Crippen molar-refractivity contribution >= 4 is 81.2 Å². The van der Waals surface area contributed by atoms with Crippen molar-refractivity contribution in [2.45, 2.75) is 166 Å². The lowest BCUT2D eigenvalue weighted by molar-refractivity contribution is -0.140. The summed E-state index contributed by atoms with van der Waals surface area (Å²) in [5.41, 5.74) is 5.68. The van der Waals surface area contributed by atoms with Gasteiger partial charge in [-0.25, -0.2) is 14.4 Å². The van der Waals surface area contributed by atoms with Crippen molar-refractivity contribution in [2.75, 3.05) is 61.4 Å². The number of likely N-dealkylation sites (tertiary alicyclic amines) is 3. The van der Waals surface area contributed by atoms with E-state index in [4.69, 9.17) is 9.97 Å². The van der Waals surface area contributed by atoms with E-state index in [1.807, 2.05) is 66.1 Å². The summed E-state index contributed by atoms with van der Waals surface area (Å²) in [5, 5.41) is 8.45. The van der Waals surface area contributed by atoms with E-state index >= 15 is 9.18 Å². The Bertz CT molecular complexity index is 3700. The fourth-order valence-corrected chi connectivity index (χ4v) is 15.6. The van der Waals surface area contributed by atoms with E-state index < -0.39 is 40.9 Å². The summed E-state index contributed by atoms with van der Waals surface area (Å²) in [6.07, 6.45) is 11.3. The van der Waals surface area contributed by atoms with Crippen LogP contribution in [-0.4, -0.2) is 158 Å². The Morgan fingerprint density at radius 2 is 1.52 bits per heavy atom. The number of carbonyl (C=O) groups is 8. The largest absolute Gasteiger partial charge is 0.371 e. The molecule has 2 saturated carbocycles. The third kappa shape index (κ3) is 10.3. The Kier molecular flexibility index (Phi) is 15.5. The molecule has 13 rings (SSSR count). The highest BCUT2D eigenvalue weighted by Gasteiger charge is 2.56. The van der Waals surface area contributed by atoms with Crippen LogP contribution >= 0.6 is 0 Å². The summed E-state index contributed by atoms with van der Waals surface area (Å²) in [5.74, 6) is -3.07. The number of imidazole rings is 1. The van der Waals surface area contributed by atoms with Gasteiger partial charge in [0.1, 0.15) is 17.4 Å². The van der Waals surface area contributed by atoms with E-state index in [1.165, 1.54) is 31.4 Å². The lowest BCUT2D eigenvalue weighted by Gasteiger charge is -2.48. The Labute approximate surface area is 511 Å². The lowest BCUT2D eigenvalue weighted by Crippen LogP contribution is -2.58. The summed E-state index contributed by atoms with van der Waals surface area (Å²) >= 11 is 0. The molecule has 8 aliphatic rings. The molecule has 6 fully saturated rings. The third-order valence-corrected chi connectivity index (χ3v) is 20.6. The smallest absolute Gasteiger partial charge is 0.264 e. The van der Waals surface area contributed by atoms with Crippen LogP contribution in [0.5, 0.6) is 0 Å². The number of aryl methyl sites for hydroxylation is 1. The molecule has 3 N–H and O–H groups in total. The van der Waals surface area contributed by atoms with Gasteiger partial charge in [-0.15, -0.1) is 0 Å². The molecular weight excluding hydrogens is 1120 g/mol. The maximum absolute atomic E-state index is 16.0. The van der Waals surface area contributed by atoms with Crippen LogP contribution in [0.25, 0.3) is 22.3 Å². The zero-order valence-corrected chi connectivity index (χ0v) is 51.2. The number of halogens is 1. The van der Waals surface area contributed by atoms with E-state index in [-0.39, 0.29) is 89.3 Å². The molecule has 2 aromatic heterocycles. The van der Waals surface area contributed by atoms with E-state index in [2.05, 4.69) is 37.9 Å². The Balaban J connectivity index is 0.695. The second-order valence-electron chi connectivity index (χ2n) is 26.6. The van der Waals surface area contributed by atoms with Crippen molar-refractivity contribution in [2.24, 2.45) is 11.8 Å². The number of rotatable bonds is 13. The monoisotopic (exact) mass is 1200 g/mol. The first-order valence-corrected chi connectivity index (χ1v) is 31.9. The SMILES string of the molecule is Cc1cc(F)c(Nc2nc(-c3ccc4c(c3)N([C@H]3C[C@@H](N5CCCCC5)C3)C(=O)C43CCN(C(=O)[C@@H]4CCN(C(=O)[C@H]5CC[C@H](N(C)c6cccc7c6C(=O)N(C6CCC(=O)NC6=O)C7=O)CC5)C4)CC3)cc3ncn(C(C)C)c23)cc1C(=O)NC(C)C. The number of pyridine rings is 1. The highest BCUT2D eigenvalue weighted by molar-refractivity contribution is 6.25. The van der Waals surface area contributed by atoms with Gasteiger partial charge in [-0.05, 0) is 172 Å². The predicted molar refractivity (Wildman–Crippen MR) is 330 cm³/mol. The van der Waals surface area contributed by atoms with Gasteiger partial charge in [-0.1, -0.05) is 24.6 Å². The maximum Gasteiger partial charge on any atom is 0.264 e. The number of fused-ring (bicyclic) bond motifs is 4. The molecule has 4 saturated heterocycles. The van der Waals surface area contributed by atoms with Gasteiger partial charge in [0, 0.05) is 92.6 Å². The van der Waals surface area contributed by atoms with E-state index in [9.17, 15) is 33.6 Å². The van der Waals surface area contributed by atoms with Gasteiger partial charge >= 0.3 is 0 Å². The average molecular weight is 1200 g/mol. The molecule has 21 heteroatoms. The van der Waals surface area contributed by atoms with Crippen LogP contribution in [0.2, 0.25) is 0 Å². The van der Waals surface area contributed by atoms with Crippen LogP contribution in [0.3, 0.4) is 0 Å². The first-order valence-electron chi connectivity index (χ1n) is 31.9. The quantitative estimate of drug-likeness (QED) is 0.0948. The summed E-state index contributed by atoms with van der Waals surface area (Å²) in [7, 11) is 1.89. The highest BCUT2D eigenvalue weighted by atomic mass is 19.1. The fourth-order valence-electron chi connectivity index (χ4n) is 15.6. The Hall–Kier alpha value is -8.07. The van der Waals surface area contributed by atoms with Gasteiger partial charge in [0.2, 0.25) is 29.5 Å². The van der Waals surface area contributed by atoms with Crippen molar-refractivity contribution in [3.8, 4) is 11.3 Å². The number of anilines is 4. The van der Waals surface area contributed by atoms with Crippen molar-refractivity contribution in [3.05, 3.63) is 94.6 Å². The zero-order valence-electron chi connectivity index (χ0n) is 51.2. The molecule has 1 unspecified atom stereocenters. The van der Waals surface area contributed by atoms with E-state index in [0.717, 1.165) is 47.6 Å². The molecule has 3 aromatic carbocycles. The van der Waals surface area contributed by atoms with Crippen LogP contribution in [-0.2, 0) is 29.4 Å². The zero-order chi connectivity index (χ0) is 61.6. The number of aromatic nitrogens is 3. The highest BCUT2D eigenvalue weighted by Crippen LogP contribution is 2.53. The second kappa shape index (κ2) is 23.1. The molecule has 20 nitrogen and oxygen atoms in total. The molecule has 462 valence electrons. The number of nitrogens with one attached hydrogen (secondary N) is 3. The van der Waals surface area contributed by atoms with Crippen LogP contribution in [0.15, 0.2) is 60.9 Å². The van der Waals surface area contributed by atoms with Crippen molar-refractivity contribution in [1.29, 1.82) is 0 Å². The minimum absolute atomic E-state index is 0.00239. The number of hydrogen-bond acceptors (Lipinski definition) is 13. The number of hydrogen-bond donors (Lipinski definition) is 3. The Morgan fingerprint density at radius 1 is 0.784 bits per heavy atom. The van der Waals surface area contributed by atoms with Crippen molar-refractivity contribution in [3.63, 3.8) is 0 Å². The first-order chi connectivity index (χ1) is 42.3. The minimum Gasteiger partial charge on any atom is -0.371 e. The first kappa shape index (κ1) is 58.9. The van der Waals surface area contributed by atoms with E-state index in [0.29, 0.717) is 117 Å². The van der Waals surface area contributed by atoms with Gasteiger partial charge in [0.05, 0.1) is 51.4 Å². The molecule has 1 spiro atoms. The van der Waals surface area contributed by atoms with Gasteiger partial charge in [-0.2, -0.15) is 0 Å². The molecule has 0 radical (unpaired) electrons. The molecule has 88 heavy (non-hydrogen) atoms. The van der Waals surface area contributed by atoms with Crippen LogP contribution in [0.4, 0.5) is 27.3 Å². The number of nitrogens with zero attached hydrogens (tertiary/aromatic N) is 9. The van der Waals surface area contributed by atoms with Gasteiger partial charge in [0.15, 0.2) is 5.82 Å². The van der Waals surface area contributed by atoms with Crippen LogP contribution < -0.4 is 25.8 Å². The van der Waals surface area contributed by atoms with Crippen molar-refractivity contribution in [1.82, 2.24) is 44.8 Å². The number of imide groups is 2. The molecule has 2 atom stereocenters. The van der Waals surface area contributed by atoms with Crippen LogP contribution in [0.1, 0.15) is 166 Å². The molecule has 8 heterocycles.